The normalized spacial score (nSPS) is 15.7. The highest BCUT2D eigenvalue weighted by Crippen LogP contribution is 2.38. The lowest BCUT2D eigenvalue weighted by atomic mass is 10.2. The van der Waals surface area contributed by atoms with E-state index in [4.69, 9.17) is 25.8 Å². The number of halogens is 1. The van der Waals surface area contributed by atoms with Crippen LogP contribution in [0.2, 0.25) is 5.02 Å². The van der Waals surface area contributed by atoms with E-state index in [9.17, 15) is 14.4 Å². The number of hydrogen-bond acceptors (Lipinski definition) is 7. The zero-order valence-corrected chi connectivity index (χ0v) is 15.4. The van der Waals surface area contributed by atoms with Gasteiger partial charge in [-0.2, -0.15) is 0 Å². The lowest BCUT2D eigenvalue weighted by Crippen LogP contribution is -2.34. The van der Waals surface area contributed by atoms with Crippen LogP contribution in [0, 0.1) is 0 Å². The quantitative estimate of drug-likeness (QED) is 0.550. The molecule has 1 fully saturated rings. The largest absolute Gasteiger partial charge is 0.493 e. The molecule has 1 aliphatic heterocycles. The van der Waals surface area contributed by atoms with Gasteiger partial charge < -0.3 is 14.2 Å². The minimum atomic E-state index is -0.639. The molecule has 1 saturated heterocycles. The summed E-state index contributed by atoms with van der Waals surface area (Å²) in [4.78, 5) is 36.8. The van der Waals surface area contributed by atoms with Gasteiger partial charge in [-0.25, -0.2) is 0 Å². The van der Waals surface area contributed by atoms with Crippen molar-refractivity contribution in [1.82, 2.24) is 4.90 Å². The van der Waals surface area contributed by atoms with Crippen LogP contribution in [-0.2, 0) is 14.3 Å². The monoisotopic (exact) mass is 385 g/mol. The molecule has 0 radical (unpaired) electrons. The first-order valence-corrected chi connectivity index (χ1v) is 8.43. The maximum Gasteiger partial charge on any atom is 0.326 e. The number of thioether (sulfide) groups is 1. The lowest BCUT2D eigenvalue weighted by Gasteiger charge is -2.11. The van der Waals surface area contributed by atoms with Gasteiger partial charge in [-0.05, 0) is 42.5 Å². The number of hydrogen-bond donors (Lipinski definition) is 0. The molecule has 134 valence electrons. The molecule has 0 unspecified atom stereocenters. The highest BCUT2D eigenvalue weighted by Gasteiger charge is 2.36. The second-order valence-corrected chi connectivity index (χ2v) is 6.21. The highest BCUT2D eigenvalue weighted by atomic mass is 35.5. The number of nitrogens with zero attached hydrogens (tertiary/aromatic N) is 1. The first-order chi connectivity index (χ1) is 11.9. The molecule has 25 heavy (non-hydrogen) atoms. The molecule has 0 aliphatic carbocycles. The van der Waals surface area contributed by atoms with Gasteiger partial charge >= 0.3 is 5.97 Å². The summed E-state index contributed by atoms with van der Waals surface area (Å²) in [6, 6.07) is 3.21. The van der Waals surface area contributed by atoms with Gasteiger partial charge in [0.2, 0.25) is 0 Å². The molecular weight excluding hydrogens is 370 g/mol. The van der Waals surface area contributed by atoms with E-state index in [1.807, 2.05) is 0 Å². The zero-order chi connectivity index (χ0) is 18.6. The minimum Gasteiger partial charge on any atom is -0.493 e. The van der Waals surface area contributed by atoms with Crippen molar-refractivity contribution in [1.29, 1.82) is 0 Å². The molecule has 9 heteroatoms. The van der Waals surface area contributed by atoms with Crippen LogP contribution in [0.25, 0.3) is 6.08 Å². The van der Waals surface area contributed by atoms with Crippen LogP contribution in [-0.4, -0.2) is 49.4 Å². The van der Waals surface area contributed by atoms with Crippen LogP contribution in [0.4, 0.5) is 4.79 Å². The predicted molar refractivity (Wildman–Crippen MR) is 93.9 cm³/mol. The van der Waals surface area contributed by atoms with Crippen molar-refractivity contribution >= 4 is 46.6 Å². The Hall–Kier alpha value is -2.19. The molecule has 0 atom stereocenters. The topological polar surface area (TPSA) is 82.1 Å². The van der Waals surface area contributed by atoms with Gasteiger partial charge in [-0.15, -0.1) is 0 Å². The van der Waals surface area contributed by atoms with Crippen molar-refractivity contribution in [3.05, 3.63) is 27.6 Å². The van der Waals surface area contributed by atoms with Crippen LogP contribution in [0.3, 0.4) is 0 Å². The van der Waals surface area contributed by atoms with Crippen LogP contribution in [0.1, 0.15) is 12.5 Å². The molecule has 1 aliphatic rings. The minimum absolute atomic E-state index is 0.176. The molecule has 0 bridgehead atoms. The zero-order valence-electron chi connectivity index (χ0n) is 13.8. The molecule has 2 rings (SSSR count). The molecule has 1 aromatic carbocycles. The second-order valence-electron chi connectivity index (χ2n) is 4.81. The van der Waals surface area contributed by atoms with Gasteiger partial charge in [0.05, 0.1) is 30.8 Å². The average molecular weight is 386 g/mol. The van der Waals surface area contributed by atoms with Crippen molar-refractivity contribution in [2.75, 3.05) is 27.4 Å². The third-order valence-corrected chi connectivity index (χ3v) is 4.41. The molecule has 7 nitrogen and oxygen atoms in total. The number of rotatable bonds is 6. The van der Waals surface area contributed by atoms with Crippen molar-refractivity contribution in [3.63, 3.8) is 0 Å². The van der Waals surface area contributed by atoms with Gasteiger partial charge in [0.25, 0.3) is 11.1 Å². The number of benzene rings is 1. The Morgan fingerprint density at radius 2 is 2.00 bits per heavy atom. The summed E-state index contributed by atoms with van der Waals surface area (Å²) in [5.41, 5.74) is 0.560. The fourth-order valence-corrected chi connectivity index (χ4v) is 3.28. The van der Waals surface area contributed by atoms with Crippen LogP contribution in [0.15, 0.2) is 17.0 Å². The number of imide groups is 1. The average Bonchev–Trinajstić information content (AvgIpc) is 2.82. The van der Waals surface area contributed by atoms with Crippen LogP contribution in [0.5, 0.6) is 11.5 Å². The van der Waals surface area contributed by atoms with Crippen molar-refractivity contribution in [2.45, 2.75) is 6.92 Å². The Kier molecular flexibility index (Phi) is 6.33. The number of carbonyl (C=O) groups excluding carboxylic acids is 3. The number of ether oxygens (including phenoxy) is 3. The van der Waals surface area contributed by atoms with E-state index >= 15 is 0 Å². The summed E-state index contributed by atoms with van der Waals surface area (Å²) >= 11 is 6.87. The molecule has 0 aromatic heterocycles. The van der Waals surface area contributed by atoms with Crippen molar-refractivity contribution in [2.24, 2.45) is 0 Å². The molecule has 1 heterocycles. The molecule has 1 aromatic rings. The Morgan fingerprint density at radius 3 is 2.60 bits per heavy atom. The van der Waals surface area contributed by atoms with E-state index in [1.54, 1.807) is 19.1 Å². The SMILES string of the molecule is CCOC(=O)CN1C(=O)SC(=Cc2cc(Cl)c(OC)c(OC)c2)C1=O. The van der Waals surface area contributed by atoms with Crippen LogP contribution < -0.4 is 9.47 Å². The molecule has 2 amide bonds. The van der Waals surface area contributed by atoms with E-state index < -0.39 is 23.7 Å². The summed E-state index contributed by atoms with van der Waals surface area (Å²) in [7, 11) is 2.93. The summed E-state index contributed by atoms with van der Waals surface area (Å²) in [6.07, 6.45) is 1.50. The third kappa shape index (κ3) is 4.26. The number of methoxy groups -OCH3 is 2. The molecule has 0 N–H and O–H groups in total. The Balaban J connectivity index is 2.27. The maximum atomic E-state index is 12.3. The first kappa shape index (κ1) is 19.1. The van der Waals surface area contributed by atoms with E-state index in [2.05, 4.69) is 0 Å². The Labute approximate surface area is 153 Å². The van der Waals surface area contributed by atoms with E-state index in [0.29, 0.717) is 22.1 Å². The molecule has 0 saturated carbocycles. The van der Waals surface area contributed by atoms with Gasteiger partial charge in [0.1, 0.15) is 6.54 Å². The second kappa shape index (κ2) is 8.26. The van der Waals surface area contributed by atoms with Crippen molar-refractivity contribution < 1.29 is 28.6 Å². The Morgan fingerprint density at radius 1 is 1.28 bits per heavy atom. The predicted octanol–water partition coefficient (Wildman–Crippen LogP) is 2.96. The molecular formula is C16H16ClNO6S. The standard InChI is InChI=1S/C16H16ClNO6S/c1-4-24-13(19)8-18-15(20)12(25-16(18)21)7-9-5-10(17)14(23-3)11(6-9)22-2/h5-7H,4,8H2,1-3H3. The van der Waals surface area contributed by atoms with Crippen molar-refractivity contribution in [3.8, 4) is 11.5 Å². The van der Waals surface area contributed by atoms with Crippen LogP contribution >= 0.6 is 23.4 Å². The van der Waals surface area contributed by atoms with E-state index in [1.165, 1.54) is 20.3 Å². The first-order valence-electron chi connectivity index (χ1n) is 7.23. The molecule has 0 spiro atoms. The van der Waals surface area contributed by atoms with E-state index in [0.717, 1.165) is 16.7 Å². The summed E-state index contributed by atoms with van der Waals surface area (Å²) in [6.45, 7) is 1.41. The maximum absolute atomic E-state index is 12.3. The summed E-state index contributed by atoms with van der Waals surface area (Å²) < 4.78 is 15.1. The summed E-state index contributed by atoms with van der Waals surface area (Å²) in [5, 5.41) is -0.227. The van der Waals surface area contributed by atoms with Gasteiger partial charge in [-0.1, -0.05) is 11.6 Å². The van der Waals surface area contributed by atoms with Gasteiger partial charge in [0.15, 0.2) is 11.5 Å². The van der Waals surface area contributed by atoms with E-state index in [-0.39, 0.29) is 11.5 Å². The Bertz CT molecular complexity index is 748. The smallest absolute Gasteiger partial charge is 0.326 e. The fraction of sp³-hybridized carbons (Fsp3) is 0.312. The number of amides is 2. The lowest BCUT2D eigenvalue weighted by molar-refractivity contribution is -0.145. The van der Waals surface area contributed by atoms with Gasteiger partial charge in [-0.3, -0.25) is 19.3 Å². The number of esters is 1. The fourth-order valence-electron chi connectivity index (χ4n) is 2.14. The third-order valence-electron chi connectivity index (χ3n) is 3.22. The summed E-state index contributed by atoms with van der Waals surface area (Å²) in [5.74, 6) is -0.432. The number of carbonyl (C=O) groups is 3. The van der Waals surface area contributed by atoms with Gasteiger partial charge in [0, 0.05) is 0 Å². The highest BCUT2D eigenvalue weighted by molar-refractivity contribution is 8.18.